The third-order valence-electron chi connectivity index (χ3n) is 5.27. The fourth-order valence-corrected chi connectivity index (χ4v) is 3.98. The molecule has 0 saturated heterocycles. The molecule has 0 fully saturated rings. The molecule has 0 aromatic heterocycles. The molecule has 0 saturated carbocycles. The van der Waals surface area contributed by atoms with Crippen LogP contribution in [0.4, 0.5) is 0 Å². The van der Waals surface area contributed by atoms with E-state index in [1.165, 1.54) is 13.3 Å². The maximum absolute atomic E-state index is 12.4. The number of halogens is 1. The number of methoxy groups -OCH3 is 1. The second kappa shape index (κ2) is 11.5. The summed E-state index contributed by atoms with van der Waals surface area (Å²) in [6.07, 6.45) is 1.46. The molecule has 0 aliphatic rings. The van der Waals surface area contributed by atoms with E-state index in [1.54, 1.807) is 30.3 Å². The molecule has 4 rings (SSSR count). The normalized spacial score (nSPS) is 10.9. The number of esters is 1. The molecule has 0 spiro atoms. The number of hydrogen-bond donors (Lipinski definition) is 1. The largest absolute Gasteiger partial charge is 0.493 e. The molecule has 0 radical (unpaired) electrons. The van der Waals surface area contributed by atoms with Gasteiger partial charge in [-0.3, -0.25) is 4.79 Å². The van der Waals surface area contributed by atoms with Gasteiger partial charge < -0.3 is 14.2 Å². The fraction of sp³-hybridized carbons (Fsp3) is 0.107. The van der Waals surface area contributed by atoms with Gasteiger partial charge in [0.2, 0.25) is 0 Å². The Hall–Kier alpha value is -4.17. The molecular formula is C28H23BrN2O5. The highest BCUT2D eigenvalue weighted by molar-refractivity contribution is 9.10. The van der Waals surface area contributed by atoms with Gasteiger partial charge in [-0.25, -0.2) is 10.2 Å². The molecule has 36 heavy (non-hydrogen) atoms. The molecular weight excluding hydrogens is 524 g/mol. The van der Waals surface area contributed by atoms with Gasteiger partial charge in [0.25, 0.3) is 5.91 Å². The van der Waals surface area contributed by atoms with E-state index < -0.39 is 11.9 Å². The van der Waals surface area contributed by atoms with Gasteiger partial charge in [-0.15, -0.1) is 0 Å². The number of ether oxygens (including phenoxy) is 3. The topological polar surface area (TPSA) is 86.2 Å². The number of nitrogens with one attached hydrogen (secondary N) is 1. The average molecular weight is 547 g/mol. The van der Waals surface area contributed by atoms with Crippen molar-refractivity contribution in [1.82, 2.24) is 5.43 Å². The second-order valence-corrected chi connectivity index (χ2v) is 8.64. The van der Waals surface area contributed by atoms with Crippen LogP contribution >= 0.6 is 15.9 Å². The van der Waals surface area contributed by atoms with Crippen LogP contribution in [0.3, 0.4) is 0 Å². The van der Waals surface area contributed by atoms with Crippen LogP contribution in [0.2, 0.25) is 0 Å². The minimum atomic E-state index is -0.486. The summed E-state index contributed by atoms with van der Waals surface area (Å²) in [6, 6.07) is 23.6. The number of hydrazone groups is 1. The Morgan fingerprint density at radius 1 is 0.944 bits per heavy atom. The van der Waals surface area contributed by atoms with E-state index in [1.807, 2.05) is 55.5 Å². The maximum Gasteiger partial charge on any atom is 0.343 e. The molecule has 8 heteroatoms. The minimum Gasteiger partial charge on any atom is -0.493 e. The molecule has 7 nitrogen and oxygen atoms in total. The van der Waals surface area contributed by atoms with Crippen LogP contribution in [-0.2, 0) is 4.79 Å². The summed E-state index contributed by atoms with van der Waals surface area (Å²) in [5.41, 5.74) is 4.56. The summed E-state index contributed by atoms with van der Waals surface area (Å²) in [6.45, 7) is 1.74. The lowest BCUT2D eigenvalue weighted by Crippen LogP contribution is -2.24. The first-order valence-electron chi connectivity index (χ1n) is 11.0. The van der Waals surface area contributed by atoms with E-state index in [-0.39, 0.29) is 12.4 Å². The van der Waals surface area contributed by atoms with Crippen molar-refractivity contribution in [3.63, 3.8) is 0 Å². The zero-order valence-electron chi connectivity index (χ0n) is 19.7. The SMILES string of the molecule is COc1cc(/C=N/NC(=O)COc2ccc3ccccc3c2Br)ccc1OC(=O)c1ccc(C)cc1. The van der Waals surface area contributed by atoms with Gasteiger partial charge in [0.05, 0.1) is 23.4 Å². The maximum atomic E-state index is 12.4. The number of carbonyl (C=O) groups excluding carboxylic acids is 2. The zero-order valence-corrected chi connectivity index (χ0v) is 21.2. The Kier molecular flexibility index (Phi) is 7.97. The van der Waals surface area contributed by atoms with Crippen molar-refractivity contribution in [1.29, 1.82) is 0 Å². The summed E-state index contributed by atoms with van der Waals surface area (Å²) in [5.74, 6) is 0.296. The summed E-state index contributed by atoms with van der Waals surface area (Å²) in [5, 5.41) is 6.03. The predicted molar refractivity (Wildman–Crippen MR) is 142 cm³/mol. The van der Waals surface area contributed by atoms with Crippen LogP contribution < -0.4 is 19.6 Å². The second-order valence-electron chi connectivity index (χ2n) is 7.85. The Morgan fingerprint density at radius 2 is 1.69 bits per heavy atom. The fourth-order valence-electron chi connectivity index (χ4n) is 3.38. The monoisotopic (exact) mass is 546 g/mol. The highest BCUT2D eigenvalue weighted by Crippen LogP contribution is 2.33. The van der Waals surface area contributed by atoms with Crippen molar-refractivity contribution >= 4 is 44.8 Å². The van der Waals surface area contributed by atoms with Crippen LogP contribution in [-0.4, -0.2) is 31.8 Å². The molecule has 0 bridgehead atoms. The van der Waals surface area contributed by atoms with Crippen molar-refractivity contribution in [2.24, 2.45) is 5.10 Å². The Morgan fingerprint density at radius 3 is 2.47 bits per heavy atom. The Bertz CT molecular complexity index is 1430. The van der Waals surface area contributed by atoms with Crippen molar-refractivity contribution in [3.05, 3.63) is 100 Å². The van der Waals surface area contributed by atoms with E-state index in [4.69, 9.17) is 14.2 Å². The lowest BCUT2D eigenvalue weighted by atomic mass is 10.1. The van der Waals surface area contributed by atoms with Crippen LogP contribution in [0.5, 0.6) is 17.2 Å². The zero-order chi connectivity index (χ0) is 25.5. The van der Waals surface area contributed by atoms with E-state index in [2.05, 4.69) is 26.5 Å². The third-order valence-corrected chi connectivity index (χ3v) is 6.09. The molecule has 0 atom stereocenters. The molecule has 182 valence electrons. The first-order chi connectivity index (χ1) is 17.4. The minimum absolute atomic E-state index is 0.203. The number of fused-ring (bicyclic) bond motifs is 1. The van der Waals surface area contributed by atoms with Gasteiger partial charge in [-0.1, -0.05) is 48.0 Å². The molecule has 4 aromatic carbocycles. The Balaban J connectivity index is 1.33. The van der Waals surface area contributed by atoms with E-state index >= 15 is 0 Å². The first-order valence-corrected chi connectivity index (χ1v) is 11.8. The van der Waals surface area contributed by atoms with E-state index in [0.717, 1.165) is 20.8 Å². The highest BCUT2D eigenvalue weighted by atomic mass is 79.9. The number of benzene rings is 4. The molecule has 1 amide bonds. The number of rotatable bonds is 8. The lowest BCUT2D eigenvalue weighted by molar-refractivity contribution is -0.123. The van der Waals surface area contributed by atoms with Gasteiger partial charge in [-0.05, 0) is 75.6 Å². The molecule has 0 aliphatic carbocycles. The molecule has 4 aromatic rings. The molecule has 0 unspecified atom stereocenters. The first kappa shape index (κ1) is 24.9. The number of aryl methyl sites for hydroxylation is 1. The smallest absolute Gasteiger partial charge is 0.343 e. The number of nitrogens with zero attached hydrogens (tertiary/aromatic N) is 1. The number of hydrogen-bond acceptors (Lipinski definition) is 6. The number of amides is 1. The van der Waals surface area contributed by atoms with E-state index in [0.29, 0.717) is 22.6 Å². The third kappa shape index (κ3) is 6.09. The summed E-state index contributed by atoms with van der Waals surface area (Å²) in [7, 11) is 1.48. The Labute approximate surface area is 216 Å². The van der Waals surface area contributed by atoms with Crippen molar-refractivity contribution < 1.29 is 23.8 Å². The summed E-state index contributed by atoms with van der Waals surface area (Å²) < 4.78 is 17.2. The van der Waals surface area contributed by atoms with Gasteiger partial charge in [0.15, 0.2) is 18.1 Å². The molecule has 1 N–H and O–H groups in total. The van der Waals surface area contributed by atoms with Crippen molar-refractivity contribution in [2.75, 3.05) is 13.7 Å². The lowest BCUT2D eigenvalue weighted by Gasteiger charge is -2.10. The quantitative estimate of drug-likeness (QED) is 0.133. The predicted octanol–water partition coefficient (Wildman–Crippen LogP) is 5.67. The van der Waals surface area contributed by atoms with Crippen molar-refractivity contribution in [2.45, 2.75) is 6.92 Å². The molecule has 0 heterocycles. The van der Waals surface area contributed by atoms with Gasteiger partial charge in [0, 0.05) is 0 Å². The number of carbonyl (C=O) groups is 2. The van der Waals surface area contributed by atoms with Crippen LogP contribution in [0, 0.1) is 6.92 Å². The summed E-state index contributed by atoms with van der Waals surface area (Å²) in [4.78, 5) is 24.6. The van der Waals surface area contributed by atoms with Crippen LogP contribution in [0.25, 0.3) is 10.8 Å². The van der Waals surface area contributed by atoms with Crippen LogP contribution in [0.15, 0.2) is 88.4 Å². The highest BCUT2D eigenvalue weighted by Gasteiger charge is 2.13. The van der Waals surface area contributed by atoms with E-state index in [9.17, 15) is 9.59 Å². The van der Waals surface area contributed by atoms with Gasteiger partial charge in [0.1, 0.15) is 5.75 Å². The standard InChI is InChI=1S/C28H23BrN2O5/c1-18-7-10-21(11-8-18)28(33)36-23-13-9-19(15-25(23)34-2)16-30-31-26(32)17-35-24-14-12-20-5-3-4-6-22(20)27(24)29/h3-16H,17H2,1-2H3,(H,31,32)/b30-16+. The summed E-state index contributed by atoms with van der Waals surface area (Å²) >= 11 is 3.54. The van der Waals surface area contributed by atoms with Gasteiger partial charge >= 0.3 is 5.97 Å². The van der Waals surface area contributed by atoms with Crippen LogP contribution in [0.1, 0.15) is 21.5 Å². The molecule has 0 aliphatic heterocycles. The van der Waals surface area contributed by atoms with Gasteiger partial charge in [-0.2, -0.15) is 5.10 Å². The van der Waals surface area contributed by atoms with Crippen molar-refractivity contribution in [3.8, 4) is 17.2 Å². The average Bonchev–Trinajstić information content (AvgIpc) is 2.89.